The Morgan fingerprint density at radius 2 is 1.78 bits per heavy atom. The van der Waals surface area contributed by atoms with E-state index in [0.29, 0.717) is 6.54 Å². The molecule has 3 N–H and O–H groups in total. The van der Waals surface area contributed by atoms with E-state index in [1.807, 2.05) is 17.0 Å². The molecule has 0 unspecified atom stereocenters. The van der Waals surface area contributed by atoms with Crippen molar-refractivity contribution in [3.8, 4) is 11.5 Å². The van der Waals surface area contributed by atoms with Crippen LogP contribution in [0.5, 0.6) is 11.5 Å². The van der Waals surface area contributed by atoms with E-state index in [9.17, 15) is 0 Å². The average Bonchev–Trinajstić information content (AvgIpc) is 2.36. The van der Waals surface area contributed by atoms with Crippen LogP contribution in [0.1, 0.15) is 11.1 Å². The van der Waals surface area contributed by atoms with Gasteiger partial charge in [-0.1, -0.05) is 0 Å². The third kappa shape index (κ3) is 2.80. The predicted octanol–water partition coefficient (Wildman–Crippen LogP) is 1.57. The molecular formula is C12H18IN3O2. The van der Waals surface area contributed by atoms with Crippen LogP contribution in [-0.2, 0) is 13.0 Å². The fourth-order valence-electron chi connectivity index (χ4n) is 2.09. The van der Waals surface area contributed by atoms with Gasteiger partial charge in [0.05, 0.1) is 14.2 Å². The number of methoxy groups -OCH3 is 2. The van der Waals surface area contributed by atoms with Crippen molar-refractivity contribution < 1.29 is 9.47 Å². The highest BCUT2D eigenvalue weighted by Crippen LogP contribution is 2.33. The van der Waals surface area contributed by atoms with E-state index < -0.39 is 0 Å². The number of hydrogen-bond donors (Lipinski definition) is 2. The number of nitrogens with two attached hydrogens (primary N) is 1. The summed E-state index contributed by atoms with van der Waals surface area (Å²) in [6.45, 7) is 1.43. The molecule has 0 aliphatic carbocycles. The van der Waals surface area contributed by atoms with E-state index in [0.717, 1.165) is 30.0 Å². The van der Waals surface area contributed by atoms with Crippen molar-refractivity contribution in [2.45, 2.75) is 13.0 Å². The van der Waals surface area contributed by atoms with Gasteiger partial charge in [-0.3, -0.25) is 5.41 Å². The van der Waals surface area contributed by atoms with Gasteiger partial charge in [-0.2, -0.15) is 0 Å². The third-order valence-corrected chi connectivity index (χ3v) is 3.06. The van der Waals surface area contributed by atoms with Gasteiger partial charge in [0.2, 0.25) is 0 Å². The van der Waals surface area contributed by atoms with Crippen LogP contribution in [0.25, 0.3) is 0 Å². The molecule has 1 aromatic carbocycles. The smallest absolute Gasteiger partial charge is 0.188 e. The molecule has 0 atom stereocenters. The Morgan fingerprint density at radius 1 is 1.22 bits per heavy atom. The molecule has 0 saturated carbocycles. The van der Waals surface area contributed by atoms with Gasteiger partial charge in [0, 0.05) is 13.1 Å². The normalized spacial score (nSPS) is 13.3. The highest BCUT2D eigenvalue weighted by atomic mass is 127. The zero-order valence-corrected chi connectivity index (χ0v) is 12.9. The molecule has 0 aromatic heterocycles. The summed E-state index contributed by atoms with van der Waals surface area (Å²) in [5.74, 6) is 1.59. The lowest BCUT2D eigenvalue weighted by atomic mass is 9.99. The molecule has 0 bridgehead atoms. The first-order chi connectivity index (χ1) is 8.15. The monoisotopic (exact) mass is 363 g/mol. The molecule has 0 amide bonds. The summed E-state index contributed by atoms with van der Waals surface area (Å²) >= 11 is 0. The van der Waals surface area contributed by atoms with Crippen LogP contribution in [0.4, 0.5) is 0 Å². The first-order valence-electron chi connectivity index (χ1n) is 5.48. The zero-order chi connectivity index (χ0) is 12.4. The van der Waals surface area contributed by atoms with Crippen molar-refractivity contribution in [3.05, 3.63) is 23.3 Å². The minimum Gasteiger partial charge on any atom is -0.493 e. The van der Waals surface area contributed by atoms with E-state index in [-0.39, 0.29) is 29.9 Å². The number of rotatable bonds is 2. The van der Waals surface area contributed by atoms with Gasteiger partial charge in [-0.25, -0.2) is 0 Å². The first-order valence-corrected chi connectivity index (χ1v) is 5.48. The predicted molar refractivity (Wildman–Crippen MR) is 81.0 cm³/mol. The fraction of sp³-hybridized carbons (Fsp3) is 0.417. The molecule has 6 heteroatoms. The van der Waals surface area contributed by atoms with E-state index in [1.54, 1.807) is 14.2 Å². The van der Waals surface area contributed by atoms with Gasteiger partial charge < -0.3 is 20.1 Å². The molecule has 5 nitrogen and oxygen atoms in total. The van der Waals surface area contributed by atoms with E-state index in [1.165, 1.54) is 5.56 Å². The van der Waals surface area contributed by atoms with Crippen LogP contribution in [0.3, 0.4) is 0 Å². The van der Waals surface area contributed by atoms with Crippen molar-refractivity contribution in [1.82, 2.24) is 4.90 Å². The summed E-state index contributed by atoms with van der Waals surface area (Å²) < 4.78 is 10.5. The largest absolute Gasteiger partial charge is 0.493 e. The summed E-state index contributed by atoms with van der Waals surface area (Å²) in [5.41, 5.74) is 7.88. The topological polar surface area (TPSA) is 71.6 Å². The third-order valence-electron chi connectivity index (χ3n) is 3.06. The Bertz CT molecular complexity index is 451. The number of benzene rings is 1. The Kier molecular flexibility index (Phi) is 5.06. The fourth-order valence-corrected chi connectivity index (χ4v) is 2.09. The molecule has 1 aromatic rings. The standard InChI is InChI=1S/C12H17N3O2.HI/c1-16-10-5-8-3-4-15(12(13)14)7-9(8)6-11(10)17-2;/h5-6H,3-4,7H2,1-2H3,(H3,13,14);1H. The van der Waals surface area contributed by atoms with Crippen molar-refractivity contribution in [3.63, 3.8) is 0 Å². The van der Waals surface area contributed by atoms with Crippen molar-refractivity contribution in [2.24, 2.45) is 5.73 Å². The average molecular weight is 363 g/mol. The summed E-state index contributed by atoms with van der Waals surface area (Å²) in [6, 6.07) is 3.97. The number of halogens is 1. The number of fused-ring (bicyclic) bond motifs is 1. The molecule has 0 fully saturated rings. The van der Waals surface area contributed by atoms with Gasteiger partial charge in [0.25, 0.3) is 0 Å². The van der Waals surface area contributed by atoms with Crippen molar-refractivity contribution in [1.29, 1.82) is 5.41 Å². The lowest BCUT2D eigenvalue weighted by molar-refractivity contribution is 0.347. The molecule has 0 saturated heterocycles. The van der Waals surface area contributed by atoms with Gasteiger partial charge in [-0.15, -0.1) is 24.0 Å². The van der Waals surface area contributed by atoms with Crippen LogP contribution in [0.2, 0.25) is 0 Å². The maximum atomic E-state index is 7.45. The van der Waals surface area contributed by atoms with E-state index in [4.69, 9.17) is 20.6 Å². The van der Waals surface area contributed by atoms with Crippen molar-refractivity contribution in [2.75, 3.05) is 20.8 Å². The summed E-state index contributed by atoms with van der Waals surface area (Å²) in [7, 11) is 3.25. The van der Waals surface area contributed by atoms with Crippen LogP contribution in [0, 0.1) is 5.41 Å². The van der Waals surface area contributed by atoms with Gasteiger partial charge in [0.15, 0.2) is 17.5 Å². The molecular weight excluding hydrogens is 345 g/mol. The van der Waals surface area contributed by atoms with E-state index in [2.05, 4.69) is 0 Å². The number of nitrogens with one attached hydrogen (secondary N) is 1. The Morgan fingerprint density at radius 3 is 2.28 bits per heavy atom. The highest BCUT2D eigenvalue weighted by Gasteiger charge is 2.19. The maximum absolute atomic E-state index is 7.45. The summed E-state index contributed by atoms with van der Waals surface area (Å²) in [5, 5.41) is 7.45. The van der Waals surface area contributed by atoms with Crippen LogP contribution in [0.15, 0.2) is 12.1 Å². The van der Waals surface area contributed by atoms with Crippen LogP contribution >= 0.6 is 24.0 Å². The molecule has 2 rings (SSSR count). The number of nitrogens with zero attached hydrogens (tertiary/aromatic N) is 1. The number of guanidine groups is 1. The molecule has 1 aliphatic heterocycles. The molecule has 100 valence electrons. The molecule has 1 aliphatic rings. The SMILES string of the molecule is COc1cc2c(cc1OC)CN(C(=N)N)CC2.I. The van der Waals surface area contributed by atoms with Crippen molar-refractivity contribution >= 4 is 29.9 Å². The number of ether oxygens (including phenoxy) is 2. The van der Waals surface area contributed by atoms with Gasteiger partial charge in [0.1, 0.15) is 0 Å². The number of hydrogen-bond acceptors (Lipinski definition) is 3. The van der Waals surface area contributed by atoms with Crippen LogP contribution in [-0.4, -0.2) is 31.6 Å². The molecule has 1 heterocycles. The maximum Gasteiger partial charge on any atom is 0.188 e. The second-order valence-electron chi connectivity index (χ2n) is 4.03. The van der Waals surface area contributed by atoms with Crippen LogP contribution < -0.4 is 15.2 Å². The lowest BCUT2D eigenvalue weighted by Gasteiger charge is -2.29. The minimum absolute atomic E-state index is 0. The molecule has 0 spiro atoms. The van der Waals surface area contributed by atoms with Gasteiger partial charge in [-0.05, 0) is 29.7 Å². The molecule has 0 radical (unpaired) electrons. The quantitative estimate of drug-likeness (QED) is 0.476. The Balaban J connectivity index is 0.00000162. The molecule has 18 heavy (non-hydrogen) atoms. The summed E-state index contributed by atoms with van der Waals surface area (Å²) in [4.78, 5) is 1.84. The second kappa shape index (κ2) is 6.12. The highest BCUT2D eigenvalue weighted by molar-refractivity contribution is 14.0. The summed E-state index contributed by atoms with van der Waals surface area (Å²) in [6.07, 6.45) is 0.870. The lowest BCUT2D eigenvalue weighted by Crippen LogP contribution is -2.40. The second-order valence-corrected chi connectivity index (χ2v) is 4.03. The van der Waals surface area contributed by atoms with E-state index >= 15 is 0 Å². The van der Waals surface area contributed by atoms with Gasteiger partial charge >= 0.3 is 0 Å². The Hall–Kier alpha value is -1.18. The zero-order valence-electron chi connectivity index (χ0n) is 10.5. The minimum atomic E-state index is 0. The first kappa shape index (κ1) is 14.9. The Labute approximate surface area is 124 Å².